The number of rotatable bonds is 10. The Labute approximate surface area is 230 Å². The first-order chi connectivity index (χ1) is 16.9. The molecule has 1 aliphatic heterocycles. The van der Waals surface area contributed by atoms with Crippen molar-refractivity contribution in [1.29, 1.82) is 5.41 Å². The number of ether oxygens (including phenoxy) is 3. The zero-order valence-electron chi connectivity index (χ0n) is 23.1. The molecule has 0 unspecified atom stereocenters. The van der Waals surface area contributed by atoms with Gasteiger partial charge >= 0.3 is 0 Å². The Morgan fingerprint density at radius 1 is 1.03 bits per heavy atom. The minimum Gasteiger partial charge on any atom is -0.491 e. The van der Waals surface area contributed by atoms with E-state index in [0.717, 1.165) is 17.0 Å². The number of nitrogens with zero attached hydrogens (tertiary/aromatic N) is 2. The molecule has 0 spiro atoms. The lowest BCUT2D eigenvalue weighted by molar-refractivity contribution is 0.0962. The van der Waals surface area contributed by atoms with Gasteiger partial charge in [0.1, 0.15) is 11.6 Å². The average molecular weight is 581 g/mol. The summed E-state index contributed by atoms with van der Waals surface area (Å²) in [6.45, 7) is 13.1. The monoisotopic (exact) mass is 579 g/mol. The molecule has 0 saturated heterocycles. The van der Waals surface area contributed by atoms with Gasteiger partial charge in [-0.2, -0.15) is 0 Å². The van der Waals surface area contributed by atoms with Crippen LogP contribution in [0.2, 0.25) is 0 Å². The minimum absolute atomic E-state index is 0. The third-order valence-electron chi connectivity index (χ3n) is 6.08. The average Bonchev–Trinajstić information content (AvgIpc) is 3.10. The zero-order chi connectivity index (χ0) is 26.8. The largest absolute Gasteiger partial charge is 0.491 e. The first kappa shape index (κ1) is 30.4. The van der Waals surface area contributed by atoms with Crippen LogP contribution in [0.3, 0.4) is 0 Å². The maximum atomic E-state index is 15.4. The molecule has 0 bridgehead atoms. The molecule has 2 aromatic carbocycles. The number of halogens is 2. The molecule has 0 atom stereocenters. The van der Waals surface area contributed by atoms with E-state index < -0.39 is 5.82 Å². The van der Waals surface area contributed by atoms with Gasteiger partial charge < -0.3 is 24.0 Å². The summed E-state index contributed by atoms with van der Waals surface area (Å²) in [5, 5.41) is 8.64. The molecule has 0 amide bonds. The molecule has 0 saturated carbocycles. The van der Waals surface area contributed by atoms with Crippen LogP contribution in [0, 0.1) is 11.2 Å². The van der Waals surface area contributed by atoms with E-state index in [1.54, 1.807) is 17.9 Å². The van der Waals surface area contributed by atoms with Gasteiger partial charge in [-0.05, 0) is 49.9 Å². The number of amidine groups is 1. The van der Waals surface area contributed by atoms with Gasteiger partial charge in [0.15, 0.2) is 23.1 Å². The van der Waals surface area contributed by atoms with Crippen molar-refractivity contribution in [2.75, 3.05) is 45.4 Å². The van der Waals surface area contributed by atoms with Crippen LogP contribution in [0.5, 0.6) is 17.2 Å². The van der Waals surface area contributed by atoms with Gasteiger partial charge in [-0.1, -0.05) is 20.8 Å². The summed E-state index contributed by atoms with van der Waals surface area (Å²) in [4.78, 5) is 17.0. The molecule has 0 aliphatic carbocycles. The molecule has 1 N–H and O–H groups in total. The quantitative estimate of drug-likeness (QED) is 0.348. The highest BCUT2D eigenvalue weighted by molar-refractivity contribution is 8.93. The summed E-state index contributed by atoms with van der Waals surface area (Å²) in [6, 6.07) is 5.43. The van der Waals surface area contributed by atoms with Crippen LogP contribution < -0.4 is 19.1 Å². The highest BCUT2D eigenvalue weighted by Crippen LogP contribution is 2.41. The number of benzene rings is 2. The Morgan fingerprint density at radius 3 is 2.16 bits per heavy atom. The number of ketones is 1. The van der Waals surface area contributed by atoms with Crippen molar-refractivity contribution < 1.29 is 23.4 Å². The standard InChI is InChI=1S/C28H38FN3O4.BrH/c1-9-34-22-14-18-15-32(27(30)23(18)24(29)26(22)36-11-3)16-21(33)17-12-19(28(4,5)6)25(35-10-2)20(13-17)31(7)8;/h12-14,30H,9-11,15-16H2,1-8H3;1H. The number of nitrogens with one attached hydrogen (secondary N) is 1. The number of hydrogen-bond acceptors (Lipinski definition) is 6. The van der Waals surface area contributed by atoms with Crippen LogP contribution in [-0.4, -0.2) is 57.0 Å². The van der Waals surface area contributed by atoms with E-state index in [2.05, 4.69) is 20.8 Å². The Balaban J connectivity index is 0.00000481. The summed E-state index contributed by atoms with van der Waals surface area (Å²) in [5.41, 5.74) is 2.80. The van der Waals surface area contributed by atoms with Gasteiger partial charge in [-0.3, -0.25) is 10.2 Å². The second-order valence-electron chi connectivity index (χ2n) is 10.00. The fourth-order valence-electron chi connectivity index (χ4n) is 4.38. The van der Waals surface area contributed by atoms with Crippen LogP contribution >= 0.6 is 17.0 Å². The summed E-state index contributed by atoms with van der Waals surface area (Å²) in [6.07, 6.45) is 0. The molecule has 7 nitrogen and oxygen atoms in total. The smallest absolute Gasteiger partial charge is 0.197 e. The van der Waals surface area contributed by atoms with Gasteiger partial charge in [-0.25, -0.2) is 4.39 Å². The first-order valence-electron chi connectivity index (χ1n) is 12.4. The van der Waals surface area contributed by atoms with E-state index in [-0.39, 0.29) is 65.0 Å². The van der Waals surface area contributed by atoms with Crippen LogP contribution in [0.25, 0.3) is 0 Å². The lowest BCUT2D eigenvalue weighted by Crippen LogP contribution is -2.31. The fourth-order valence-corrected chi connectivity index (χ4v) is 4.38. The predicted octanol–water partition coefficient (Wildman–Crippen LogP) is 5.99. The first-order valence-corrected chi connectivity index (χ1v) is 12.4. The molecular weight excluding hydrogens is 541 g/mol. The summed E-state index contributed by atoms with van der Waals surface area (Å²) >= 11 is 0. The maximum Gasteiger partial charge on any atom is 0.197 e. The molecule has 0 aromatic heterocycles. The SMILES string of the molecule is Br.CCOc1cc2c(c(F)c1OCC)C(=N)N(CC(=O)c1cc(N(C)C)c(OCC)c(C(C)(C)C)c1)C2. The van der Waals surface area contributed by atoms with Crippen molar-refractivity contribution in [2.45, 2.75) is 53.5 Å². The van der Waals surface area contributed by atoms with Gasteiger partial charge in [0.25, 0.3) is 0 Å². The molecule has 2 aromatic rings. The van der Waals surface area contributed by atoms with Crippen molar-refractivity contribution in [3.63, 3.8) is 0 Å². The second kappa shape index (κ2) is 12.2. The number of carbonyl (C=O) groups excluding carboxylic acids is 1. The molecule has 9 heteroatoms. The Morgan fingerprint density at radius 2 is 1.62 bits per heavy atom. The Kier molecular flexibility index (Phi) is 9.99. The van der Waals surface area contributed by atoms with E-state index in [0.29, 0.717) is 30.1 Å². The number of fused-ring (bicyclic) bond motifs is 1. The maximum absolute atomic E-state index is 15.4. The van der Waals surface area contributed by atoms with Crippen LogP contribution in [0.4, 0.5) is 10.1 Å². The van der Waals surface area contributed by atoms with Gasteiger partial charge in [0, 0.05) is 31.8 Å². The van der Waals surface area contributed by atoms with Crippen molar-refractivity contribution in [3.05, 3.63) is 46.3 Å². The number of hydrogen-bond donors (Lipinski definition) is 1. The highest BCUT2D eigenvalue weighted by Gasteiger charge is 2.33. The van der Waals surface area contributed by atoms with E-state index in [1.807, 2.05) is 45.0 Å². The third-order valence-corrected chi connectivity index (χ3v) is 6.08. The predicted molar refractivity (Wildman–Crippen MR) is 151 cm³/mol. The second-order valence-corrected chi connectivity index (χ2v) is 10.00. The van der Waals surface area contributed by atoms with Gasteiger partial charge in [0.05, 0.1) is 37.6 Å². The topological polar surface area (TPSA) is 75.1 Å². The summed E-state index contributed by atoms with van der Waals surface area (Å²) < 4.78 is 32.5. The Bertz CT molecular complexity index is 1160. The van der Waals surface area contributed by atoms with Crippen LogP contribution in [0.1, 0.15) is 68.6 Å². The minimum atomic E-state index is -0.622. The van der Waals surface area contributed by atoms with Gasteiger partial charge in [0.2, 0.25) is 0 Å². The lowest BCUT2D eigenvalue weighted by atomic mass is 9.84. The molecular formula is C28H39BrFN3O4. The summed E-state index contributed by atoms with van der Waals surface area (Å²) in [5.74, 6) is 0.279. The third kappa shape index (κ3) is 6.20. The zero-order valence-corrected chi connectivity index (χ0v) is 24.8. The normalized spacial score (nSPS) is 12.7. The molecule has 37 heavy (non-hydrogen) atoms. The highest BCUT2D eigenvalue weighted by atomic mass is 79.9. The van der Waals surface area contributed by atoms with Crippen molar-refractivity contribution in [2.24, 2.45) is 0 Å². The van der Waals surface area contributed by atoms with Gasteiger partial charge in [-0.15, -0.1) is 17.0 Å². The van der Waals surface area contributed by atoms with E-state index in [1.165, 1.54) is 0 Å². The van der Waals surface area contributed by atoms with E-state index in [9.17, 15) is 4.79 Å². The number of carbonyl (C=O) groups is 1. The molecule has 0 radical (unpaired) electrons. The number of anilines is 1. The molecule has 0 fully saturated rings. The number of Topliss-reactive ketones (excluding diaryl/α,β-unsaturated/α-hetero) is 1. The fraction of sp³-hybridized carbons (Fsp3) is 0.500. The van der Waals surface area contributed by atoms with E-state index in [4.69, 9.17) is 19.6 Å². The molecule has 1 aliphatic rings. The molecule has 1 heterocycles. The van der Waals surface area contributed by atoms with Crippen molar-refractivity contribution in [1.82, 2.24) is 4.90 Å². The van der Waals surface area contributed by atoms with Crippen LogP contribution in [-0.2, 0) is 12.0 Å². The van der Waals surface area contributed by atoms with Crippen LogP contribution in [0.15, 0.2) is 18.2 Å². The Hall–Kier alpha value is -2.81. The molecule has 204 valence electrons. The summed E-state index contributed by atoms with van der Waals surface area (Å²) in [7, 11) is 3.83. The van der Waals surface area contributed by atoms with Crippen molar-refractivity contribution >= 4 is 34.3 Å². The van der Waals surface area contributed by atoms with Crippen molar-refractivity contribution in [3.8, 4) is 17.2 Å². The lowest BCUT2D eigenvalue weighted by Gasteiger charge is -2.28. The molecule has 3 rings (SSSR count). The van der Waals surface area contributed by atoms with E-state index >= 15 is 4.39 Å².